The fourth-order valence-corrected chi connectivity index (χ4v) is 2.93. The first-order valence-corrected chi connectivity index (χ1v) is 5.98. The largest absolute Gasteiger partial charge is 0.370 e. The van der Waals surface area contributed by atoms with Gasteiger partial charge in [-0.3, -0.25) is 0 Å². The van der Waals surface area contributed by atoms with Gasteiger partial charge in [0.15, 0.2) is 0 Å². The first kappa shape index (κ1) is 12.0. The molecule has 0 radical (unpaired) electrons. The molecule has 0 spiro atoms. The van der Waals surface area contributed by atoms with Crippen LogP contribution in [0.3, 0.4) is 0 Å². The molecular weight excluding hydrogens is 176 g/mol. The molecule has 1 fully saturated rings. The second-order valence-corrected chi connectivity index (χ2v) is 4.10. The van der Waals surface area contributed by atoms with Crippen LogP contribution >= 0.6 is 0 Å². The highest BCUT2D eigenvalue weighted by Crippen LogP contribution is 2.43. The van der Waals surface area contributed by atoms with E-state index in [1.165, 1.54) is 0 Å². The van der Waals surface area contributed by atoms with Crippen LogP contribution in [-0.2, 0) is 9.47 Å². The average molecular weight is 200 g/mol. The van der Waals surface area contributed by atoms with Crippen LogP contribution in [0.5, 0.6) is 0 Å². The van der Waals surface area contributed by atoms with Gasteiger partial charge in [-0.25, -0.2) is 0 Å². The Morgan fingerprint density at radius 2 is 1.00 bits per heavy atom. The number of rotatable bonds is 4. The van der Waals surface area contributed by atoms with E-state index in [4.69, 9.17) is 9.47 Å². The summed E-state index contributed by atoms with van der Waals surface area (Å²) in [6.07, 6.45) is 4.19. The van der Waals surface area contributed by atoms with Crippen molar-refractivity contribution in [2.24, 2.45) is 0 Å². The van der Waals surface area contributed by atoms with E-state index >= 15 is 0 Å². The Bertz CT molecular complexity index is 149. The van der Waals surface area contributed by atoms with Crippen molar-refractivity contribution in [1.82, 2.24) is 0 Å². The van der Waals surface area contributed by atoms with Crippen LogP contribution in [0.25, 0.3) is 0 Å². The maximum atomic E-state index is 6.04. The predicted octanol–water partition coefficient (Wildman–Crippen LogP) is 3.15. The van der Waals surface area contributed by atoms with Gasteiger partial charge in [-0.2, -0.15) is 0 Å². The van der Waals surface area contributed by atoms with Gasteiger partial charge in [0, 0.05) is 0 Å². The molecule has 2 heteroatoms. The molecule has 1 heterocycles. The van der Waals surface area contributed by atoms with Gasteiger partial charge < -0.3 is 9.47 Å². The molecule has 0 atom stereocenters. The van der Waals surface area contributed by atoms with Gasteiger partial charge in [0.25, 0.3) is 0 Å². The molecule has 0 aromatic carbocycles. The van der Waals surface area contributed by atoms with Crippen LogP contribution in [0.2, 0.25) is 0 Å². The third-order valence-electron chi connectivity index (χ3n) is 3.95. The molecular formula is C12H24O2. The fraction of sp³-hybridized carbons (Fsp3) is 1.00. The summed E-state index contributed by atoms with van der Waals surface area (Å²) in [5.74, 6) is 0. The van der Waals surface area contributed by atoms with Crippen LogP contribution in [0.15, 0.2) is 0 Å². The van der Waals surface area contributed by atoms with Gasteiger partial charge in [0.05, 0.1) is 24.4 Å². The van der Waals surface area contributed by atoms with Crippen molar-refractivity contribution < 1.29 is 9.47 Å². The van der Waals surface area contributed by atoms with Crippen molar-refractivity contribution in [2.45, 2.75) is 64.6 Å². The summed E-state index contributed by atoms with van der Waals surface area (Å²) >= 11 is 0. The Hall–Kier alpha value is -0.0800. The SMILES string of the molecule is CCC1(CC)OCCOC1(CC)CC. The van der Waals surface area contributed by atoms with E-state index in [1.54, 1.807) is 0 Å². The molecule has 1 saturated heterocycles. The summed E-state index contributed by atoms with van der Waals surface area (Å²) in [6.45, 7) is 10.3. The average Bonchev–Trinajstić information content (AvgIpc) is 2.28. The highest BCUT2D eigenvalue weighted by molar-refractivity contribution is 5.01. The molecule has 0 N–H and O–H groups in total. The van der Waals surface area contributed by atoms with E-state index in [-0.39, 0.29) is 11.2 Å². The highest BCUT2D eigenvalue weighted by atomic mass is 16.6. The lowest BCUT2D eigenvalue weighted by Crippen LogP contribution is -2.60. The maximum absolute atomic E-state index is 6.04. The second-order valence-electron chi connectivity index (χ2n) is 4.10. The van der Waals surface area contributed by atoms with Crippen LogP contribution in [0, 0.1) is 0 Å². The molecule has 0 saturated carbocycles. The zero-order valence-electron chi connectivity index (χ0n) is 10.1. The number of hydrogen-bond donors (Lipinski definition) is 0. The normalized spacial score (nSPS) is 24.9. The Labute approximate surface area is 88.0 Å². The van der Waals surface area contributed by atoms with Gasteiger partial charge in [0.2, 0.25) is 0 Å². The molecule has 0 unspecified atom stereocenters. The van der Waals surface area contributed by atoms with Crippen molar-refractivity contribution in [3.05, 3.63) is 0 Å². The summed E-state index contributed by atoms with van der Waals surface area (Å²) in [4.78, 5) is 0. The topological polar surface area (TPSA) is 18.5 Å². The van der Waals surface area contributed by atoms with E-state index in [2.05, 4.69) is 27.7 Å². The minimum atomic E-state index is -0.0469. The van der Waals surface area contributed by atoms with E-state index in [0.717, 1.165) is 38.9 Å². The zero-order valence-corrected chi connectivity index (χ0v) is 10.1. The molecule has 1 aliphatic rings. The van der Waals surface area contributed by atoms with E-state index < -0.39 is 0 Å². The Morgan fingerprint density at radius 3 is 1.21 bits per heavy atom. The maximum Gasteiger partial charge on any atom is 0.0966 e. The summed E-state index contributed by atoms with van der Waals surface area (Å²) in [5, 5.41) is 0. The van der Waals surface area contributed by atoms with Gasteiger partial charge in [0.1, 0.15) is 0 Å². The first-order chi connectivity index (χ1) is 6.70. The molecule has 14 heavy (non-hydrogen) atoms. The van der Waals surface area contributed by atoms with Crippen LogP contribution in [0.1, 0.15) is 53.4 Å². The van der Waals surface area contributed by atoms with Crippen LogP contribution in [-0.4, -0.2) is 24.4 Å². The van der Waals surface area contributed by atoms with E-state index in [1.807, 2.05) is 0 Å². The molecule has 1 aliphatic heterocycles. The van der Waals surface area contributed by atoms with E-state index in [9.17, 15) is 0 Å². The van der Waals surface area contributed by atoms with Crippen molar-refractivity contribution in [3.8, 4) is 0 Å². The Kier molecular flexibility index (Phi) is 3.96. The minimum absolute atomic E-state index is 0.0469. The van der Waals surface area contributed by atoms with Gasteiger partial charge >= 0.3 is 0 Å². The zero-order chi connectivity index (χ0) is 10.7. The fourth-order valence-electron chi connectivity index (χ4n) is 2.93. The van der Waals surface area contributed by atoms with E-state index in [0.29, 0.717) is 0 Å². The third-order valence-corrected chi connectivity index (χ3v) is 3.95. The number of hydrogen-bond acceptors (Lipinski definition) is 2. The summed E-state index contributed by atoms with van der Waals surface area (Å²) in [7, 11) is 0. The summed E-state index contributed by atoms with van der Waals surface area (Å²) in [6, 6.07) is 0. The Morgan fingerprint density at radius 1 is 0.714 bits per heavy atom. The molecule has 0 amide bonds. The monoisotopic (exact) mass is 200 g/mol. The molecule has 2 nitrogen and oxygen atoms in total. The molecule has 1 rings (SSSR count). The lowest BCUT2D eigenvalue weighted by Gasteiger charge is -2.52. The standard InChI is InChI=1S/C12H24O2/c1-5-11(6-2)12(7-3,8-4)14-10-9-13-11/h5-10H2,1-4H3. The van der Waals surface area contributed by atoms with Crippen LogP contribution < -0.4 is 0 Å². The predicted molar refractivity (Wildman–Crippen MR) is 58.5 cm³/mol. The molecule has 0 aliphatic carbocycles. The van der Waals surface area contributed by atoms with Crippen molar-refractivity contribution in [3.63, 3.8) is 0 Å². The van der Waals surface area contributed by atoms with Crippen molar-refractivity contribution in [1.29, 1.82) is 0 Å². The summed E-state index contributed by atoms with van der Waals surface area (Å²) < 4.78 is 12.1. The Balaban J connectivity index is 2.96. The minimum Gasteiger partial charge on any atom is -0.370 e. The first-order valence-electron chi connectivity index (χ1n) is 5.98. The van der Waals surface area contributed by atoms with Gasteiger partial charge in [-0.15, -0.1) is 0 Å². The molecule has 84 valence electrons. The second kappa shape index (κ2) is 4.63. The van der Waals surface area contributed by atoms with Crippen LogP contribution in [0.4, 0.5) is 0 Å². The van der Waals surface area contributed by atoms with Crippen molar-refractivity contribution in [2.75, 3.05) is 13.2 Å². The lowest BCUT2D eigenvalue weighted by atomic mass is 9.74. The molecule has 0 aromatic rings. The third kappa shape index (κ3) is 1.59. The van der Waals surface area contributed by atoms with Gasteiger partial charge in [-0.05, 0) is 25.7 Å². The lowest BCUT2D eigenvalue weighted by molar-refractivity contribution is -0.265. The smallest absolute Gasteiger partial charge is 0.0966 e. The summed E-state index contributed by atoms with van der Waals surface area (Å²) in [5.41, 5.74) is -0.0937. The highest BCUT2D eigenvalue weighted by Gasteiger charge is 2.50. The molecule has 0 bridgehead atoms. The molecule has 0 aromatic heterocycles. The van der Waals surface area contributed by atoms with Gasteiger partial charge in [-0.1, -0.05) is 27.7 Å². The number of ether oxygens (including phenoxy) is 2. The quantitative estimate of drug-likeness (QED) is 0.694. The van der Waals surface area contributed by atoms with Crippen molar-refractivity contribution >= 4 is 0 Å².